The van der Waals surface area contributed by atoms with Gasteiger partial charge >= 0.3 is 0 Å². The number of hydrogen-bond acceptors (Lipinski definition) is 10. The summed E-state index contributed by atoms with van der Waals surface area (Å²) in [5, 5.41) is 76.1. The van der Waals surface area contributed by atoms with E-state index in [1.54, 1.807) is 0 Å². The van der Waals surface area contributed by atoms with Gasteiger partial charge in [-0.3, -0.25) is 4.79 Å². The Morgan fingerprint density at radius 2 is 0.870 bits per heavy atom. The molecule has 1 aliphatic heterocycles. The summed E-state index contributed by atoms with van der Waals surface area (Å²) in [6.07, 6.45) is 45.3. The first kappa shape index (κ1) is 65.6. The second kappa shape index (κ2) is 47.6. The summed E-state index contributed by atoms with van der Waals surface area (Å²) in [7, 11) is 0. The molecule has 69 heavy (non-hydrogen) atoms. The van der Waals surface area contributed by atoms with Gasteiger partial charge in [-0.05, 0) is 51.4 Å². The summed E-state index contributed by atoms with van der Waals surface area (Å²) in [5.74, 6) is -0.707. The molecule has 9 unspecified atom stereocenters. The van der Waals surface area contributed by atoms with E-state index in [4.69, 9.17) is 9.47 Å². The molecule has 11 heteroatoms. The van der Waals surface area contributed by atoms with Gasteiger partial charge in [0.25, 0.3) is 0 Å². The average molecular weight is 983 g/mol. The van der Waals surface area contributed by atoms with Crippen LogP contribution < -0.4 is 5.32 Å². The molecule has 1 rings (SSSR count). The van der Waals surface area contributed by atoms with Gasteiger partial charge in [0, 0.05) is 0 Å². The summed E-state index contributed by atoms with van der Waals surface area (Å²) in [4.78, 5) is 13.2. The monoisotopic (exact) mass is 982 g/mol. The molecular weight excluding hydrogens is 871 g/mol. The zero-order valence-electron chi connectivity index (χ0n) is 44.6. The van der Waals surface area contributed by atoms with Crippen LogP contribution in [0.3, 0.4) is 0 Å². The minimum atomic E-state index is -1.67. The number of nitrogens with one attached hydrogen (secondary N) is 1. The number of aliphatic hydroxyl groups is 7. The molecule has 0 aromatic carbocycles. The fourth-order valence-electron chi connectivity index (χ4n) is 9.46. The zero-order chi connectivity index (χ0) is 50.4. The number of aliphatic hydroxyl groups excluding tert-OH is 7. The van der Waals surface area contributed by atoms with E-state index in [-0.39, 0.29) is 12.8 Å². The number of ether oxygens (including phenoxy) is 2. The second-order valence-electron chi connectivity index (χ2n) is 20.7. The third-order valence-electron chi connectivity index (χ3n) is 14.2. The Balaban J connectivity index is 2.32. The lowest BCUT2D eigenvalue weighted by molar-refractivity contribution is -0.303. The van der Waals surface area contributed by atoms with Crippen molar-refractivity contribution in [2.45, 2.75) is 326 Å². The van der Waals surface area contributed by atoms with Gasteiger partial charge in [-0.2, -0.15) is 0 Å². The number of unbranched alkanes of at least 4 members (excludes halogenated alkanes) is 34. The molecule has 1 fully saturated rings. The summed E-state index contributed by atoms with van der Waals surface area (Å²) in [6.45, 7) is 3.46. The first-order chi connectivity index (χ1) is 33.7. The van der Waals surface area contributed by atoms with Crippen LogP contribution in [0.4, 0.5) is 0 Å². The van der Waals surface area contributed by atoms with Crippen LogP contribution in [0, 0.1) is 0 Å². The largest absolute Gasteiger partial charge is 0.394 e. The summed E-state index contributed by atoms with van der Waals surface area (Å²) >= 11 is 0. The molecule has 0 radical (unpaired) electrons. The van der Waals surface area contributed by atoms with E-state index in [0.717, 1.165) is 38.5 Å². The average Bonchev–Trinajstić information content (AvgIpc) is 3.35. The van der Waals surface area contributed by atoms with Gasteiger partial charge in [0.1, 0.15) is 36.6 Å². The minimum absolute atomic E-state index is 0.249. The quantitative estimate of drug-likeness (QED) is 0.0215. The highest BCUT2D eigenvalue weighted by atomic mass is 16.7. The molecule has 9 atom stereocenters. The second-order valence-corrected chi connectivity index (χ2v) is 20.7. The summed E-state index contributed by atoms with van der Waals surface area (Å²) < 4.78 is 11.1. The molecule has 8 N–H and O–H groups in total. The SMILES string of the molecule is CCCCCCCCCCCCCCCCCCC/C=C/CC/C=C/CCCC(O)C(O)C(COC1OC(CO)C(O)C(O)C1O)NC(=O)C(O)CCCCCCCCCCCCCCCCCC. The Bertz CT molecular complexity index is 1170. The predicted molar refractivity (Wildman–Crippen MR) is 284 cm³/mol. The van der Waals surface area contributed by atoms with Gasteiger partial charge in [0.2, 0.25) is 5.91 Å². The molecule has 0 aromatic rings. The number of carbonyl (C=O) groups excluding carboxylic acids is 1. The Kier molecular flexibility index (Phi) is 45.2. The Labute approximate surface area is 423 Å². The molecule has 11 nitrogen and oxygen atoms in total. The Morgan fingerprint density at radius 3 is 1.29 bits per heavy atom. The fraction of sp³-hybridized carbons (Fsp3) is 0.914. The van der Waals surface area contributed by atoms with E-state index in [0.29, 0.717) is 19.3 Å². The van der Waals surface area contributed by atoms with Gasteiger partial charge in [0.05, 0.1) is 25.4 Å². The van der Waals surface area contributed by atoms with Gasteiger partial charge in [-0.15, -0.1) is 0 Å². The smallest absolute Gasteiger partial charge is 0.249 e. The van der Waals surface area contributed by atoms with E-state index in [2.05, 4.69) is 43.5 Å². The third-order valence-corrected chi connectivity index (χ3v) is 14.2. The van der Waals surface area contributed by atoms with Crippen molar-refractivity contribution in [3.05, 3.63) is 24.3 Å². The Hall–Kier alpha value is -1.41. The van der Waals surface area contributed by atoms with Crippen LogP contribution >= 0.6 is 0 Å². The van der Waals surface area contributed by atoms with Crippen molar-refractivity contribution < 1.29 is 50.0 Å². The number of allylic oxidation sites excluding steroid dienone is 4. The van der Waals surface area contributed by atoms with Crippen molar-refractivity contribution in [3.63, 3.8) is 0 Å². The van der Waals surface area contributed by atoms with Gasteiger partial charge in [-0.25, -0.2) is 0 Å². The lowest BCUT2D eigenvalue weighted by Crippen LogP contribution is -2.60. The highest BCUT2D eigenvalue weighted by Gasteiger charge is 2.44. The molecule has 1 saturated heterocycles. The first-order valence-corrected chi connectivity index (χ1v) is 29.2. The van der Waals surface area contributed by atoms with Crippen LogP contribution in [0.25, 0.3) is 0 Å². The van der Waals surface area contributed by atoms with Gasteiger partial charge < -0.3 is 50.5 Å². The number of carbonyl (C=O) groups is 1. The van der Waals surface area contributed by atoms with Gasteiger partial charge in [-0.1, -0.05) is 244 Å². The van der Waals surface area contributed by atoms with Crippen molar-refractivity contribution in [3.8, 4) is 0 Å². The molecular formula is C58H111NO10. The van der Waals surface area contributed by atoms with E-state index in [1.807, 2.05) is 0 Å². The van der Waals surface area contributed by atoms with E-state index < -0.39 is 74.2 Å². The van der Waals surface area contributed by atoms with Crippen LogP contribution in [0.15, 0.2) is 24.3 Å². The van der Waals surface area contributed by atoms with Crippen molar-refractivity contribution in [1.29, 1.82) is 0 Å². The van der Waals surface area contributed by atoms with Crippen LogP contribution in [0.1, 0.15) is 271 Å². The molecule has 0 bridgehead atoms. The number of rotatable bonds is 50. The van der Waals surface area contributed by atoms with Crippen molar-refractivity contribution in [1.82, 2.24) is 5.32 Å². The molecule has 1 aliphatic rings. The predicted octanol–water partition coefficient (Wildman–Crippen LogP) is 12.1. The van der Waals surface area contributed by atoms with Crippen LogP contribution in [0.5, 0.6) is 0 Å². The standard InChI is InChI=1S/C58H111NO10/c1-3-5-7-9-11-13-15-17-19-21-22-23-24-25-26-27-28-29-30-32-33-35-37-39-41-43-45-50(61)53(63)49(48-68-58-56(66)55(65)54(64)52(47-60)69-58)59-57(67)51(62)46-44-42-40-38-36-34-31-20-18-16-14-12-10-8-6-4-2/h30,32,37,39,49-56,58,60-66H,3-29,31,33-36,38,40-48H2,1-2H3,(H,59,67)/b32-30+,39-37+. The normalized spacial score (nSPS) is 20.5. The zero-order valence-corrected chi connectivity index (χ0v) is 44.6. The molecule has 0 aliphatic carbocycles. The summed E-state index contributed by atoms with van der Waals surface area (Å²) in [5.41, 5.74) is 0. The molecule has 408 valence electrons. The van der Waals surface area contributed by atoms with E-state index in [9.17, 15) is 40.5 Å². The fourth-order valence-corrected chi connectivity index (χ4v) is 9.46. The lowest BCUT2D eigenvalue weighted by Gasteiger charge is -2.40. The maximum absolute atomic E-state index is 13.2. The Morgan fingerprint density at radius 1 is 0.493 bits per heavy atom. The third kappa shape index (κ3) is 36.2. The molecule has 1 heterocycles. The molecule has 0 spiro atoms. The molecule has 1 amide bonds. The van der Waals surface area contributed by atoms with E-state index in [1.165, 1.54) is 186 Å². The van der Waals surface area contributed by atoms with Crippen molar-refractivity contribution in [2.24, 2.45) is 0 Å². The van der Waals surface area contributed by atoms with Gasteiger partial charge in [0.15, 0.2) is 6.29 Å². The number of amides is 1. The molecule has 0 aromatic heterocycles. The highest BCUT2D eigenvalue weighted by molar-refractivity contribution is 5.80. The van der Waals surface area contributed by atoms with Crippen molar-refractivity contribution in [2.75, 3.05) is 13.2 Å². The number of hydrogen-bond donors (Lipinski definition) is 8. The molecule has 0 saturated carbocycles. The summed E-state index contributed by atoms with van der Waals surface area (Å²) in [6, 6.07) is -1.19. The maximum Gasteiger partial charge on any atom is 0.249 e. The van der Waals surface area contributed by atoms with E-state index >= 15 is 0 Å². The van der Waals surface area contributed by atoms with Crippen LogP contribution in [-0.2, 0) is 14.3 Å². The highest BCUT2D eigenvalue weighted by Crippen LogP contribution is 2.23. The lowest BCUT2D eigenvalue weighted by atomic mass is 9.98. The van der Waals surface area contributed by atoms with Crippen LogP contribution in [0.2, 0.25) is 0 Å². The van der Waals surface area contributed by atoms with Crippen LogP contribution in [-0.4, -0.2) is 110 Å². The van der Waals surface area contributed by atoms with Crippen molar-refractivity contribution >= 4 is 5.91 Å². The first-order valence-electron chi connectivity index (χ1n) is 29.2. The topological polar surface area (TPSA) is 189 Å². The minimum Gasteiger partial charge on any atom is -0.394 e. The maximum atomic E-state index is 13.2.